The minimum absolute atomic E-state index is 0.0868. The quantitative estimate of drug-likeness (QED) is 0.801. The summed E-state index contributed by atoms with van der Waals surface area (Å²) in [6.07, 6.45) is 7.61. The van der Waals surface area contributed by atoms with Crippen molar-refractivity contribution in [2.24, 2.45) is 5.92 Å². The van der Waals surface area contributed by atoms with Gasteiger partial charge in [0, 0.05) is 38.5 Å². The summed E-state index contributed by atoms with van der Waals surface area (Å²) in [5.41, 5.74) is -0.0868. The molecule has 2 amide bonds. The molecule has 2 aliphatic heterocycles. The third kappa shape index (κ3) is 3.39. The second kappa shape index (κ2) is 6.80. The fourth-order valence-electron chi connectivity index (χ4n) is 4.91. The molecule has 1 aliphatic carbocycles. The zero-order valence-corrected chi connectivity index (χ0v) is 14.6. The van der Waals surface area contributed by atoms with E-state index in [4.69, 9.17) is 0 Å². The molecule has 0 aromatic rings. The predicted octanol–water partition coefficient (Wildman–Crippen LogP) is 1.77. The van der Waals surface area contributed by atoms with Gasteiger partial charge < -0.3 is 15.1 Å². The first-order valence-electron chi connectivity index (χ1n) is 9.32. The fraction of sp³-hybridized carbons (Fsp3) is 0.889. The lowest BCUT2D eigenvalue weighted by atomic mass is 9.78. The zero-order valence-electron chi connectivity index (χ0n) is 14.6. The lowest BCUT2D eigenvalue weighted by Crippen LogP contribution is -2.65. The van der Waals surface area contributed by atoms with E-state index in [9.17, 15) is 9.59 Å². The van der Waals surface area contributed by atoms with Gasteiger partial charge in [-0.05, 0) is 39.2 Å². The van der Waals surface area contributed by atoms with Crippen molar-refractivity contribution in [3.05, 3.63) is 0 Å². The third-order valence-electron chi connectivity index (χ3n) is 6.10. The molecule has 0 radical (unpaired) electrons. The van der Waals surface area contributed by atoms with Crippen molar-refractivity contribution < 1.29 is 9.59 Å². The Bertz CT molecular complexity index is 459. The number of piperazine rings is 1. The van der Waals surface area contributed by atoms with Gasteiger partial charge in [-0.3, -0.25) is 9.59 Å². The van der Waals surface area contributed by atoms with Gasteiger partial charge in [-0.2, -0.15) is 0 Å². The van der Waals surface area contributed by atoms with Crippen molar-refractivity contribution in [2.45, 2.75) is 70.4 Å². The monoisotopic (exact) mass is 321 g/mol. The van der Waals surface area contributed by atoms with E-state index >= 15 is 0 Å². The van der Waals surface area contributed by atoms with E-state index in [1.54, 1.807) is 6.92 Å². The molecule has 3 aliphatic rings. The summed E-state index contributed by atoms with van der Waals surface area (Å²) in [4.78, 5) is 29.3. The maximum absolute atomic E-state index is 13.0. The largest absolute Gasteiger partial charge is 0.338 e. The molecular formula is C18H31N3O2. The molecule has 0 aromatic heterocycles. The van der Waals surface area contributed by atoms with Crippen molar-refractivity contribution >= 4 is 11.8 Å². The van der Waals surface area contributed by atoms with Crippen LogP contribution in [0.3, 0.4) is 0 Å². The number of nitrogens with one attached hydrogen (secondary N) is 1. The SMILES string of the molecule is CC(=O)N1CCN(C(=O)[C@H]2CCN[C@@H](C)C2)CC12CCCCC2. The summed E-state index contributed by atoms with van der Waals surface area (Å²) < 4.78 is 0. The average molecular weight is 321 g/mol. The van der Waals surface area contributed by atoms with Crippen molar-refractivity contribution in [3.8, 4) is 0 Å². The molecule has 2 atom stereocenters. The van der Waals surface area contributed by atoms with Crippen LogP contribution in [0.25, 0.3) is 0 Å². The van der Waals surface area contributed by atoms with E-state index < -0.39 is 0 Å². The number of carbonyl (C=O) groups is 2. The number of rotatable bonds is 1. The highest BCUT2D eigenvalue weighted by Gasteiger charge is 2.45. The molecule has 0 aromatic carbocycles. The smallest absolute Gasteiger partial charge is 0.225 e. The van der Waals surface area contributed by atoms with Crippen LogP contribution >= 0.6 is 0 Å². The van der Waals surface area contributed by atoms with Crippen molar-refractivity contribution in [3.63, 3.8) is 0 Å². The number of carbonyl (C=O) groups excluding carboxylic acids is 2. The van der Waals surface area contributed by atoms with Crippen molar-refractivity contribution in [2.75, 3.05) is 26.2 Å². The lowest BCUT2D eigenvalue weighted by molar-refractivity contribution is -0.153. The van der Waals surface area contributed by atoms with Crippen LogP contribution in [-0.4, -0.2) is 59.4 Å². The average Bonchev–Trinajstić information content (AvgIpc) is 2.54. The molecule has 3 rings (SSSR count). The third-order valence-corrected chi connectivity index (χ3v) is 6.10. The van der Waals surface area contributed by atoms with Gasteiger partial charge in [0.15, 0.2) is 0 Å². The number of nitrogens with zero attached hydrogens (tertiary/aromatic N) is 2. The Balaban J connectivity index is 1.72. The van der Waals surface area contributed by atoms with Gasteiger partial charge >= 0.3 is 0 Å². The summed E-state index contributed by atoms with van der Waals surface area (Å²) in [6, 6.07) is 0.430. The van der Waals surface area contributed by atoms with Gasteiger partial charge in [-0.15, -0.1) is 0 Å². The summed E-state index contributed by atoms with van der Waals surface area (Å²) in [7, 11) is 0. The Morgan fingerprint density at radius 2 is 1.87 bits per heavy atom. The molecule has 2 saturated heterocycles. The van der Waals surface area contributed by atoms with Crippen LogP contribution in [0, 0.1) is 5.92 Å². The number of hydrogen-bond donors (Lipinski definition) is 1. The first-order chi connectivity index (χ1) is 11.0. The molecule has 1 spiro atoms. The van der Waals surface area contributed by atoms with Crippen molar-refractivity contribution in [1.82, 2.24) is 15.1 Å². The van der Waals surface area contributed by atoms with Crippen LogP contribution in [0.4, 0.5) is 0 Å². The maximum Gasteiger partial charge on any atom is 0.225 e. The van der Waals surface area contributed by atoms with Crippen LogP contribution in [0.2, 0.25) is 0 Å². The van der Waals surface area contributed by atoms with E-state index in [0.29, 0.717) is 25.0 Å². The normalized spacial score (nSPS) is 31.2. The number of amides is 2. The highest BCUT2D eigenvalue weighted by atomic mass is 16.2. The van der Waals surface area contributed by atoms with Crippen LogP contribution in [-0.2, 0) is 9.59 Å². The van der Waals surface area contributed by atoms with Crippen LogP contribution < -0.4 is 5.32 Å². The van der Waals surface area contributed by atoms with E-state index in [-0.39, 0.29) is 17.4 Å². The molecular weight excluding hydrogens is 290 g/mol. The Morgan fingerprint density at radius 3 is 2.52 bits per heavy atom. The molecule has 130 valence electrons. The highest BCUT2D eigenvalue weighted by Crippen LogP contribution is 2.37. The van der Waals surface area contributed by atoms with Crippen LogP contribution in [0.15, 0.2) is 0 Å². The van der Waals surface area contributed by atoms with Crippen LogP contribution in [0.1, 0.15) is 58.8 Å². The first kappa shape index (κ1) is 16.7. The highest BCUT2D eigenvalue weighted by molar-refractivity contribution is 5.80. The van der Waals surface area contributed by atoms with Gasteiger partial charge in [0.1, 0.15) is 0 Å². The molecule has 23 heavy (non-hydrogen) atoms. The lowest BCUT2D eigenvalue weighted by Gasteiger charge is -2.53. The zero-order chi connectivity index (χ0) is 16.4. The summed E-state index contributed by atoms with van der Waals surface area (Å²) in [6.45, 7) is 6.96. The van der Waals surface area contributed by atoms with Crippen LogP contribution in [0.5, 0.6) is 0 Å². The Hall–Kier alpha value is -1.10. The molecule has 0 bridgehead atoms. The molecule has 1 saturated carbocycles. The van der Waals surface area contributed by atoms with Crippen molar-refractivity contribution in [1.29, 1.82) is 0 Å². The molecule has 1 N–H and O–H groups in total. The Labute approximate surface area is 139 Å². The summed E-state index contributed by atoms with van der Waals surface area (Å²) >= 11 is 0. The van der Waals surface area contributed by atoms with Gasteiger partial charge in [-0.25, -0.2) is 0 Å². The standard InChI is InChI=1S/C18H31N3O2/c1-14-12-16(6-9-19-14)17(23)20-10-11-21(15(2)22)18(13-20)7-4-3-5-8-18/h14,16,19H,3-13H2,1-2H3/t14-,16-/m0/s1. The molecule has 5 nitrogen and oxygen atoms in total. The second-order valence-corrected chi connectivity index (χ2v) is 7.79. The van der Waals surface area contributed by atoms with Gasteiger partial charge in [0.25, 0.3) is 0 Å². The topological polar surface area (TPSA) is 52.7 Å². The minimum atomic E-state index is -0.0868. The summed E-state index contributed by atoms with van der Waals surface area (Å²) in [5.74, 6) is 0.664. The second-order valence-electron chi connectivity index (χ2n) is 7.79. The van der Waals surface area contributed by atoms with Gasteiger partial charge in [0.05, 0.1) is 5.54 Å². The molecule has 2 heterocycles. The van der Waals surface area contributed by atoms with Gasteiger partial charge in [0.2, 0.25) is 11.8 Å². The molecule has 5 heteroatoms. The number of piperidine rings is 1. The van der Waals surface area contributed by atoms with E-state index in [1.165, 1.54) is 19.3 Å². The molecule has 3 fully saturated rings. The maximum atomic E-state index is 13.0. The Morgan fingerprint density at radius 1 is 1.13 bits per heavy atom. The van der Waals surface area contributed by atoms with Gasteiger partial charge in [-0.1, -0.05) is 19.3 Å². The van der Waals surface area contributed by atoms with E-state index in [1.807, 2.05) is 0 Å². The Kier molecular flexibility index (Phi) is 4.95. The molecule has 0 unspecified atom stereocenters. The fourth-order valence-corrected chi connectivity index (χ4v) is 4.91. The van der Waals surface area contributed by atoms with E-state index in [0.717, 1.165) is 38.8 Å². The first-order valence-corrected chi connectivity index (χ1v) is 9.32. The number of hydrogen-bond acceptors (Lipinski definition) is 3. The minimum Gasteiger partial charge on any atom is -0.338 e. The predicted molar refractivity (Wildman–Crippen MR) is 90.0 cm³/mol. The summed E-state index contributed by atoms with van der Waals surface area (Å²) in [5, 5.41) is 3.42. The van der Waals surface area contributed by atoms with E-state index in [2.05, 4.69) is 22.0 Å².